The molecule has 7 heteroatoms. The van der Waals surface area contributed by atoms with Crippen molar-refractivity contribution in [2.45, 2.75) is 32.0 Å². The summed E-state index contributed by atoms with van der Waals surface area (Å²) in [5.74, 6) is 3.23. The van der Waals surface area contributed by atoms with Gasteiger partial charge in [-0.1, -0.05) is 25.6 Å². The third-order valence-electron chi connectivity index (χ3n) is 3.61. The minimum atomic E-state index is -0.259. The van der Waals surface area contributed by atoms with Gasteiger partial charge in [0.15, 0.2) is 16.7 Å². The minimum Gasteiger partial charge on any atom is -0.494 e. The fraction of sp³-hybridized carbons (Fsp3) is 0.368. The molecular weight excluding hydrogens is 353 g/mol. The van der Waals surface area contributed by atoms with E-state index in [1.54, 1.807) is 30.2 Å². The van der Waals surface area contributed by atoms with E-state index in [1.165, 1.54) is 12.1 Å². The third-order valence-corrected chi connectivity index (χ3v) is 4.66. The van der Waals surface area contributed by atoms with E-state index < -0.39 is 0 Å². The van der Waals surface area contributed by atoms with Crippen LogP contribution in [-0.2, 0) is 6.54 Å². The molecule has 2 aromatic heterocycles. The molecule has 0 atom stereocenters. The van der Waals surface area contributed by atoms with Crippen molar-refractivity contribution in [3.05, 3.63) is 48.5 Å². The molecule has 0 N–H and O–H groups in total. The van der Waals surface area contributed by atoms with Crippen molar-refractivity contribution >= 4 is 11.8 Å². The number of thioether (sulfide) groups is 1. The number of rotatable bonds is 9. The van der Waals surface area contributed by atoms with Crippen LogP contribution in [0, 0.1) is 11.7 Å². The van der Waals surface area contributed by atoms with E-state index in [1.807, 2.05) is 12.1 Å². The Morgan fingerprint density at radius 3 is 2.69 bits per heavy atom. The summed E-state index contributed by atoms with van der Waals surface area (Å²) < 4.78 is 26.1. The summed E-state index contributed by atoms with van der Waals surface area (Å²) in [4.78, 5) is 0. The Balaban J connectivity index is 1.55. The number of nitrogens with zero attached hydrogens (tertiary/aromatic N) is 3. The van der Waals surface area contributed by atoms with E-state index in [4.69, 9.17) is 9.15 Å². The summed E-state index contributed by atoms with van der Waals surface area (Å²) in [6.07, 6.45) is 2.50. The zero-order chi connectivity index (χ0) is 18.4. The van der Waals surface area contributed by atoms with Gasteiger partial charge in [0.1, 0.15) is 11.6 Å². The van der Waals surface area contributed by atoms with E-state index in [0.29, 0.717) is 18.3 Å². The number of halogens is 1. The SMILES string of the molecule is CC(C)Cn1c(SCCCOc2ccc(F)cc2)nnc1-c1ccco1. The molecule has 2 heterocycles. The van der Waals surface area contributed by atoms with Crippen LogP contribution < -0.4 is 4.74 Å². The van der Waals surface area contributed by atoms with Gasteiger partial charge in [0.2, 0.25) is 0 Å². The molecule has 0 bridgehead atoms. The van der Waals surface area contributed by atoms with E-state index in [2.05, 4.69) is 28.6 Å². The van der Waals surface area contributed by atoms with Gasteiger partial charge in [0.25, 0.3) is 0 Å². The molecule has 1 aromatic carbocycles. The largest absolute Gasteiger partial charge is 0.494 e. The maximum Gasteiger partial charge on any atom is 0.200 e. The molecule has 0 saturated heterocycles. The third kappa shape index (κ3) is 4.88. The lowest BCUT2D eigenvalue weighted by molar-refractivity contribution is 0.318. The van der Waals surface area contributed by atoms with Crippen LogP contribution in [0.4, 0.5) is 4.39 Å². The van der Waals surface area contributed by atoms with Crippen molar-refractivity contribution in [2.75, 3.05) is 12.4 Å². The first-order valence-electron chi connectivity index (χ1n) is 8.61. The molecule has 0 fully saturated rings. The number of hydrogen-bond acceptors (Lipinski definition) is 5. The highest BCUT2D eigenvalue weighted by Gasteiger charge is 2.17. The van der Waals surface area contributed by atoms with Crippen molar-refractivity contribution in [1.82, 2.24) is 14.8 Å². The lowest BCUT2D eigenvalue weighted by Crippen LogP contribution is -2.08. The molecule has 0 radical (unpaired) electrons. The highest BCUT2D eigenvalue weighted by atomic mass is 32.2. The fourth-order valence-electron chi connectivity index (χ4n) is 2.46. The molecule has 0 unspecified atom stereocenters. The molecule has 138 valence electrons. The maximum atomic E-state index is 12.9. The minimum absolute atomic E-state index is 0.259. The van der Waals surface area contributed by atoms with Crippen molar-refractivity contribution in [1.29, 1.82) is 0 Å². The lowest BCUT2D eigenvalue weighted by Gasteiger charge is -2.11. The quantitative estimate of drug-likeness (QED) is 0.393. The summed E-state index contributed by atoms with van der Waals surface area (Å²) in [5, 5.41) is 9.50. The Kier molecular flexibility index (Phi) is 6.33. The second kappa shape index (κ2) is 8.89. The molecule has 3 rings (SSSR count). The second-order valence-electron chi connectivity index (χ2n) is 6.29. The smallest absolute Gasteiger partial charge is 0.200 e. The van der Waals surface area contributed by atoms with Crippen LogP contribution in [-0.4, -0.2) is 27.1 Å². The molecule has 0 saturated carbocycles. The zero-order valence-corrected chi connectivity index (χ0v) is 15.7. The van der Waals surface area contributed by atoms with Gasteiger partial charge < -0.3 is 9.15 Å². The van der Waals surface area contributed by atoms with Gasteiger partial charge in [-0.05, 0) is 48.7 Å². The van der Waals surface area contributed by atoms with Gasteiger partial charge in [-0.15, -0.1) is 10.2 Å². The summed E-state index contributed by atoms with van der Waals surface area (Å²) >= 11 is 1.65. The molecule has 0 aliphatic carbocycles. The van der Waals surface area contributed by atoms with E-state index in [-0.39, 0.29) is 5.82 Å². The predicted octanol–water partition coefficient (Wildman–Crippen LogP) is 4.89. The lowest BCUT2D eigenvalue weighted by atomic mass is 10.2. The molecular formula is C19H22FN3O2S. The summed E-state index contributed by atoms with van der Waals surface area (Å²) in [7, 11) is 0. The summed E-state index contributed by atoms with van der Waals surface area (Å²) in [6, 6.07) is 9.81. The maximum absolute atomic E-state index is 12.9. The molecule has 3 aromatic rings. The molecule has 0 aliphatic heterocycles. The van der Waals surface area contributed by atoms with Crippen molar-refractivity contribution in [2.24, 2.45) is 5.92 Å². The fourth-order valence-corrected chi connectivity index (χ4v) is 3.32. The molecule has 5 nitrogen and oxygen atoms in total. The Morgan fingerprint density at radius 1 is 1.19 bits per heavy atom. The topological polar surface area (TPSA) is 53.1 Å². The van der Waals surface area contributed by atoms with Gasteiger partial charge in [-0.3, -0.25) is 4.57 Å². The number of furan rings is 1. The second-order valence-corrected chi connectivity index (χ2v) is 7.35. The van der Waals surface area contributed by atoms with Gasteiger partial charge in [-0.2, -0.15) is 0 Å². The molecule has 0 aliphatic rings. The van der Waals surface area contributed by atoms with Crippen LogP contribution in [0.3, 0.4) is 0 Å². The zero-order valence-electron chi connectivity index (χ0n) is 14.9. The van der Waals surface area contributed by atoms with Crippen molar-refractivity contribution in [3.63, 3.8) is 0 Å². The predicted molar refractivity (Wildman–Crippen MR) is 99.8 cm³/mol. The van der Waals surface area contributed by atoms with Gasteiger partial charge in [0.05, 0.1) is 12.9 Å². The van der Waals surface area contributed by atoms with Crippen LogP contribution in [0.15, 0.2) is 52.2 Å². The van der Waals surface area contributed by atoms with E-state index in [9.17, 15) is 4.39 Å². The van der Waals surface area contributed by atoms with Gasteiger partial charge in [-0.25, -0.2) is 4.39 Å². The highest BCUT2D eigenvalue weighted by Crippen LogP contribution is 2.26. The average molecular weight is 375 g/mol. The number of benzene rings is 1. The van der Waals surface area contributed by atoms with Gasteiger partial charge >= 0.3 is 0 Å². The first-order chi connectivity index (χ1) is 12.6. The summed E-state index contributed by atoms with van der Waals surface area (Å²) in [5.41, 5.74) is 0. The Hall–Kier alpha value is -2.28. The van der Waals surface area contributed by atoms with Crippen LogP contribution in [0.25, 0.3) is 11.6 Å². The Labute approximate surface area is 156 Å². The first-order valence-corrected chi connectivity index (χ1v) is 9.60. The normalized spacial score (nSPS) is 11.2. The Morgan fingerprint density at radius 2 is 2.00 bits per heavy atom. The average Bonchev–Trinajstić information content (AvgIpc) is 3.26. The van der Waals surface area contributed by atoms with Gasteiger partial charge in [0, 0.05) is 12.3 Å². The van der Waals surface area contributed by atoms with Crippen LogP contribution >= 0.6 is 11.8 Å². The van der Waals surface area contributed by atoms with Crippen molar-refractivity contribution < 1.29 is 13.5 Å². The van der Waals surface area contributed by atoms with Crippen LogP contribution in [0.5, 0.6) is 5.75 Å². The monoisotopic (exact) mass is 375 g/mol. The van der Waals surface area contributed by atoms with Crippen LogP contribution in [0.1, 0.15) is 20.3 Å². The van der Waals surface area contributed by atoms with Crippen molar-refractivity contribution in [3.8, 4) is 17.3 Å². The molecule has 0 amide bonds. The number of ether oxygens (including phenoxy) is 1. The summed E-state index contributed by atoms with van der Waals surface area (Å²) in [6.45, 7) is 5.73. The van der Waals surface area contributed by atoms with E-state index in [0.717, 1.165) is 35.5 Å². The first kappa shape index (κ1) is 18.5. The Bertz CT molecular complexity index is 801. The van der Waals surface area contributed by atoms with E-state index >= 15 is 0 Å². The molecule has 0 spiro atoms. The van der Waals surface area contributed by atoms with Crippen LogP contribution in [0.2, 0.25) is 0 Å². The highest BCUT2D eigenvalue weighted by molar-refractivity contribution is 7.99. The number of hydrogen-bond donors (Lipinski definition) is 0. The standard InChI is InChI=1S/C19H22FN3O2S/c1-14(2)13-23-18(17-5-3-10-25-17)21-22-19(23)26-12-4-11-24-16-8-6-15(20)7-9-16/h3,5-10,14H,4,11-13H2,1-2H3. The number of aromatic nitrogens is 3. The molecule has 26 heavy (non-hydrogen) atoms.